The maximum Gasteiger partial charge on any atom is 0.220 e. The number of benzene rings is 1. The van der Waals surface area contributed by atoms with Crippen LogP contribution in [0.1, 0.15) is 28.4 Å². The second kappa shape index (κ2) is 7.31. The highest BCUT2D eigenvalue weighted by atomic mass is 32.2. The van der Waals surface area contributed by atoms with Crippen LogP contribution in [0.4, 0.5) is 0 Å². The molecule has 1 aromatic heterocycles. The standard InChI is InChI=1S/C16H20N2O7S2/c1-5-18-16(20)12(8-17-18)14(19)11-6-7-13(27(4,23)24)15(10(11)2)25-9-26(3,21)22/h6-8,20H,5,9H2,1-4H3. The lowest BCUT2D eigenvalue weighted by Gasteiger charge is -2.15. The van der Waals surface area contributed by atoms with Crippen molar-refractivity contribution in [3.63, 3.8) is 0 Å². The summed E-state index contributed by atoms with van der Waals surface area (Å²) >= 11 is 0. The Hall–Kier alpha value is -2.40. The average molecular weight is 416 g/mol. The van der Waals surface area contributed by atoms with Crippen molar-refractivity contribution < 1.29 is 31.5 Å². The van der Waals surface area contributed by atoms with Crippen LogP contribution in [0, 0.1) is 6.92 Å². The van der Waals surface area contributed by atoms with Gasteiger partial charge in [0.1, 0.15) is 16.2 Å². The first-order chi connectivity index (χ1) is 12.4. The van der Waals surface area contributed by atoms with Crippen molar-refractivity contribution in [2.45, 2.75) is 25.3 Å². The fourth-order valence-electron chi connectivity index (χ4n) is 2.47. The molecule has 1 aromatic carbocycles. The van der Waals surface area contributed by atoms with E-state index in [9.17, 15) is 26.7 Å². The molecule has 1 N–H and O–H groups in total. The Balaban J connectivity index is 2.61. The third-order valence-corrected chi connectivity index (χ3v) is 5.45. The second-order valence-corrected chi connectivity index (χ2v) is 10.1. The first kappa shape index (κ1) is 20.9. The van der Waals surface area contributed by atoms with Gasteiger partial charge in [-0.05, 0) is 26.0 Å². The highest BCUT2D eigenvalue weighted by molar-refractivity contribution is 7.91. The summed E-state index contributed by atoms with van der Waals surface area (Å²) < 4.78 is 53.3. The summed E-state index contributed by atoms with van der Waals surface area (Å²) in [5.41, 5.74) is 0.160. The molecule has 0 amide bonds. The molecule has 2 rings (SSSR count). The van der Waals surface area contributed by atoms with Crippen LogP contribution in [0.3, 0.4) is 0 Å². The SMILES string of the molecule is CCn1ncc(C(=O)c2ccc(S(C)(=O)=O)c(OCS(C)(=O)=O)c2C)c1O. The monoisotopic (exact) mass is 416 g/mol. The van der Waals surface area contributed by atoms with E-state index in [0.717, 1.165) is 12.5 Å². The van der Waals surface area contributed by atoms with E-state index < -0.39 is 31.4 Å². The van der Waals surface area contributed by atoms with Crippen LogP contribution >= 0.6 is 0 Å². The van der Waals surface area contributed by atoms with Gasteiger partial charge in [-0.1, -0.05) is 0 Å². The molecule has 0 radical (unpaired) electrons. The molecule has 0 atom stereocenters. The Morgan fingerprint density at radius 1 is 1.19 bits per heavy atom. The minimum Gasteiger partial charge on any atom is -0.493 e. The quantitative estimate of drug-likeness (QED) is 0.659. The molecule has 2 aromatic rings. The van der Waals surface area contributed by atoms with Crippen molar-refractivity contribution in [1.82, 2.24) is 9.78 Å². The van der Waals surface area contributed by atoms with Gasteiger partial charge in [-0.2, -0.15) is 5.10 Å². The van der Waals surface area contributed by atoms with Crippen molar-refractivity contribution in [1.29, 1.82) is 0 Å². The summed E-state index contributed by atoms with van der Waals surface area (Å²) in [7, 11) is -7.28. The molecule has 0 aliphatic heterocycles. The van der Waals surface area contributed by atoms with E-state index in [1.54, 1.807) is 6.92 Å². The predicted molar refractivity (Wildman–Crippen MR) is 97.6 cm³/mol. The van der Waals surface area contributed by atoms with Crippen LogP contribution < -0.4 is 4.74 Å². The lowest BCUT2D eigenvalue weighted by atomic mass is 10.00. The van der Waals surface area contributed by atoms with Crippen molar-refractivity contribution in [3.8, 4) is 11.6 Å². The summed E-state index contributed by atoms with van der Waals surface area (Å²) in [6.07, 6.45) is 3.10. The molecule has 0 bridgehead atoms. The zero-order chi connectivity index (χ0) is 20.6. The fourth-order valence-corrected chi connectivity index (χ4v) is 3.66. The number of aromatic hydroxyl groups is 1. The number of hydrogen-bond donors (Lipinski definition) is 1. The van der Waals surface area contributed by atoms with Gasteiger partial charge in [0.25, 0.3) is 0 Å². The number of hydrogen-bond acceptors (Lipinski definition) is 8. The molecule has 0 unspecified atom stereocenters. The number of carbonyl (C=O) groups is 1. The Labute approximate surface area is 157 Å². The number of ketones is 1. The number of carbonyl (C=O) groups excluding carboxylic acids is 1. The molecule has 0 fully saturated rings. The van der Waals surface area contributed by atoms with Gasteiger partial charge in [-0.3, -0.25) is 4.79 Å². The number of aromatic nitrogens is 2. The summed E-state index contributed by atoms with van der Waals surface area (Å²) in [6.45, 7) is 3.54. The van der Waals surface area contributed by atoms with E-state index in [0.29, 0.717) is 6.54 Å². The minimum atomic E-state index is -3.74. The largest absolute Gasteiger partial charge is 0.493 e. The molecular formula is C16H20N2O7S2. The number of rotatable bonds is 7. The van der Waals surface area contributed by atoms with Crippen LogP contribution in [0.5, 0.6) is 11.6 Å². The van der Waals surface area contributed by atoms with Crippen LogP contribution in [0.2, 0.25) is 0 Å². The first-order valence-corrected chi connectivity index (χ1v) is 11.8. The zero-order valence-corrected chi connectivity index (χ0v) is 16.9. The van der Waals surface area contributed by atoms with Crippen molar-refractivity contribution in [2.75, 3.05) is 18.5 Å². The van der Waals surface area contributed by atoms with Gasteiger partial charge in [-0.15, -0.1) is 0 Å². The van der Waals surface area contributed by atoms with Crippen molar-refractivity contribution >= 4 is 25.5 Å². The summed E-state index contributed by atoms with van der Waals surface area (Å²) in [4.78, 5) is 12.6. The van der Waals surface area contributed by atoms with E-state index in [-0.39, 0.29) is 33.2 Å². The third kappa shape index (κ3) is 4.48. The lowest BCUT2D eigenvalue weighted by Crippen LogP contribution is -2.14. The van der Waals surface area contributed by atoms with Crippen LogP contribution in [-0.2, 0) is 26.2 Å². The summed E-state index contributed by atoms with van der Waals surface area (Å²) in [5, 5.41) is 14.0. The molecule has 0 spiro atoms. The maximum absolute atomic E-state index is 12.8. The molecule has 1 heterocycles. The summed E-state index contributed by atoms with van der Waals surface area (Å²) in [5.74, 6) is -1.86. The average Bonchev–Trinajstić information content (AvgIpc) is 2.91. The van der Waals surface area contributed by atoms with Crippen LogP contribution in [0.15, 0.2) is 23.2 Å². The van der Waals surface area contributed by atoms with E-state index in [1.165, 1.54) is 29.9 Å². The minimum absolute atomic E-state index is 0.0545. The molecule has 0 aliphatic rings. The van der Waals surface area contributed by atoms with E-state index in [4.69, 9.17) is 4.74 Å². The Bertz CT molecular complexity index is 1100. The van der Waals surface area contributed by atoms with Gasteiger partial charge < -0.3 is 9.84 Å². The van der Waals surface area contributed by atoms with Gasteiger partial charge in [0.05, 0.1) is 6.20 Å². The Morgan fingerprint density at radius 2 is 1.81 bits per heavy atom. The third-order valence-electron chi connectivity index (χ3n) is 3.79. The number of ether oxygens (including phenoxy) is 1. The molecule has 9 nitrogen and oxygen atoms in total. The van der Waals surface area contributed by atoms with Gasteiger partial charge in [0.2, 0.25) is 5.88 Å². The molecule has 27 heavy (non-hydrogen) atoms. The Kier molecular flexibility index (Phi) is 5.66. The topological polar surface area (TPSA) is 133 Å². The van der Waals surface area contributed by atoms with E-state index >= 15 is 0 Å². The highest BCUT2D eigenvalue weighted by Crippen LogP contribution is 2.33. The van der Waals surface area contributed by atoms with Gasteiger partial charge in [0.15, 0.2) is 31.4 Å². The molecule has 0 aliphatic carbocycles. The first-order valence-electron chi connectivity index (χ1n) is 7.80. The molecule has 11 heteroatoms. The maximum atomic E-state index is 12.8. The molecule has 0 saturated carbocycles. The second-order valence-electron chi connectivity index (χ2n) is 6.05. The highest BCUT2D eigenvalue weighted by Gasteiger charge is 2.25. The lowest BCUT2D eigenvalue weighted by molar-refractivity contribution is 0.103. The van der Waals surface area contributed by atoms with Gasteiger partial charge in [-0.25, -0.2) is 21.5 Å². The van der Waals surface area contributed by atoms with Crippen LogP contribution in [-0.4, -0.2) is 56.0 Å². The van der Waals surface area contributed by atoms with Crippen molar-refractivity contribution in [3.05, 3.63) is 35.0 Å². The van der Waals surface area contributed by atoms with Crippen molar-refractivity contribution in [2.24, 2.45) is 0 Å². The molecule has 0 saturated heterocycles. The molecular weight excluding hydrogens is 396 g/mol. The van der Waals surface area contributed by atoms with Gasteiger partial charge in [0, 0.05) is 30.2 Å². The number of sulfone groups is 2. The normalized spacial score (nSPS) is 12.1. The van der Waals surface area contributed by atoms with Gasteiger partial charge >= 0.3 is 0 Å². The zero-order valence-electron chi connectivity index (χ0n) is 15.3. The molecule has 148 valence electrons. The van der Waals surface area contributed by atoms with E-state index in [2.05, 4.69) is 5.10 Å². The number of aryl methyl sites for hydroxylation is 1. The smallest absolute Gasteiger partial charge is 0.220 e. The summed E-state index contributed by atoms with van der Waals surface area (Å²) in [6, 6.07) is 2.47. The van der Waals surface area contributed by atoms with E-state index in [1.807, 2.05) is 0 Å². The predicted octanol–water partition coefficient (Wildman–Crippen LogP) is 0.932. The number of nitrogens with zero attached hydrogens (tertiary/aromatic N) is 2. The fraction of sp³-hybridized carbons (Fsp3) is 0.375. The Morgan fingerprint density at radius 3 is 2.30 bits per heavy atom. The van der Waals surface area contributed by atoms with Crippen LogP contribution in [0.25, 0.3) is 0 Å².